The van der Waals surface area contributed by atoms with Crippen molar-refractivity contribution in [2.24, 2.45) is 0 Å². The molecule has 0 atom stereocenters. The molecule has 0 aliphatic rings. The average molecular weight is 576 g/mol. The van der Waals surface area contributed by atoms with Crippen molar-refractivity contribution < 1.29 is 33.4 Å². The molecule has 3 aromatic carbocycles. The molecule has 0 N–H and O–H groups in total. The van der Waals surface area contributed by atoms with E-state index >= 15 is 0 Å². The fourth-order valence-electron chi connectivity index (χ4n) is 5.11. The molecule has 218 valence electrons. The summed E-state index contributed by atoms with van der Waals surface area (Å²) < 4.78 is 36.5. The third-order valence-electron chi connectivity index (χ3n) is 7.15. The van der Waals surface area contributed by atoms with Crippen LogP contribution in [0.15, 0.2) is 103 Å². The van der Waals surface area contributed by atoms with Gasteiger partial charge in [0.15, 0.2) is 0 Å². The highest BCUT2D eigenvalue weighted by molar-refractivity contribution is 5.73. The van der Waals surface area contributed by atoms with E-state index in [9.17, 15) is 0 Å². The zero-order chi connectivity index (χ0) is 29.3. The van der Waals surface area contributed by atoms with Gasteiger partial charge in [0.2, 0.25) is 11.4 Å². The molecular formula is C35H42ClNO4. The number of unbranched alkanes of at least 4 members (excludes halogenated alkanes) is 9. The third-order valence-corrected chi connectivity index (χ3v) is 7.15. The summed E-state index contributed by atoms with van der Waals surface area (Å²) in [5.74, 6) is 0. The Labute approximate surface area is 247 Å². The van der Waals surface area contributed by atoms with E-state index in [2.05, 4.69) is 115 Å². The van der Waals surface area contributed by atoms with Gasteiger partial charge < -0.3 is 0 Å². The number of hydrogen-bond donors (Lipinski definition) is 0. The van der Waals surface area contributed by atoms with Crippen molar-refractivity contribution in [2.45, 2.75) is 77.7 Å². The Morgan fingerprint density at radius 3 is 1.20 bits per heavy atom. The van der Waals surface area contributed by atoms with Crippen molar-refractivity contribution in [3.8, 4) is 33.6 Å². The molecule has 41 heavy (non-hydrogen) atoms. The van der Waals surface area contributed by atoms with Gasteiger partial charge in [0.05, 0.1) is 0 Å². The van der Waals surface area contributed by atoms with Crippen LogP contribution in [0.4, 0.5) is 0 Å². The second-order valence-corrected chi connectivity index (χ2v) is 11.1. The minimum atomic E-state index is -4.94. The number of nitrogens with zero attached hydrogens (tertiary/aromatic N) is 1. The highest BCUT2D eigenvalue weighted by atomic mass is 35.7. The van der Waals surface area contributed by atoms with Crippen LogP contribution in [0.25, 0.3) is 33.6 Å². The number of hydrogen-bond acceptors (Lipinski definition) is 4. The van der Waals surface area contributed by atoms with Crippen molar-refractivity contribution in [1.29, 1.82) is 0 Å². The number of pyridine rings is 1. The van der Waals surface area contributed by atoms with Crippen LogP contribution in [-0.2, 0) is 6.54 Å². The van der Waals surface area contributed by atoms with Gasteiger partial charge in [0, 0.05) is 29.7 Å². The Morgan fingerprint density at radius 1 is 0.463 bits per heavy atom. The van der Waals surface area contributed by atoms with E-state index in [-0.39, 0.29) is 0 Å². The molecule has 0 amide bonds. The largest absolute Gasteiger partial charge is 0.222 e. The van der Waals surface area contributed by atoms with Gasteiger partial charge in [-0.05, 0) is 41.8 Å². The number of benzene rings is 3. The molecule has 4 rings (SSSR count). The Bertz CT molecular complexity index is 1200. The topological polar surface area (TPSA) is 96.1 Å². The molecular weight excluding hydrogens is 534 g/mol. The van der Waals surface area contributed by atoms with Gasteiger partial charge in [-0.3, -0.25) is 0 Å². The highest BCUT2D eigenvalue weighted by Crippen LogP contribution is 2.29. The van der Waals surface area contributed by atoms with Crippen molar-refractivity contribution in [2.75, 3.05) is 0 Å². The van der Waals surface area contributed by atoms with Crippen molar-refractivity contribution in [1.82, 2.24) is 0 Å². The van der Waals surface area contributed by atoms with Crippen LogP contribution >= 0.6 is 0 Å². The molecule has 6 heteroatoms. The third kappa shape index (κ3) is 12.1. The Kier molecular flexibility index (Phi) is 14.0. The second-order valence-electron chi connectivity index (χ2n) is 10.3. The van der Waals surface area contributed by atoms with Crippen LogP contribution in [0.5, 0.6) is 0 Å². The van der Waals surface area contributed by atoms with Crippen molar-refractivity contribution in [3.63, 3.8) is 0 Å². The van der Waals surface area contributed by atoms with Gasteiger partial charge in [-0.1, -0.05) is 125 Å². The van der Waals surface area contributed by atoms with Gasteiger partial charge in [0.25, 0.3) is 0 Å². The Balaban J connectivity index is 0.000000850. The van der Waals surface area contributed by atoms with E-state index < -0.39 is 10.2 Å². The van der Waals surface area contributed by atoms with Gasteiger partial charge >= 0.3 is 0 Å². The number of halogens is 1. The summed E-state index contributed by atoms with van der Waals surface area (Å²) in [6.07, 6.45) is 13.6. The first-order valence-electron chi connectivity index (χ1n) is 14.7. The summed E-state index contributed by atoms with van der Waals surface area (Å²) in [4.78, 5) is 0. The van der Waals surface area contributed by atoms with Crippen LogP contribution in [0.3, 0.4) is 0 Å². The smallest absolute Gasteiger partial charge is 0.213 e. The van der Waals surface area contributed by atoms with E-state index in [4.69, 9.17) is 18.6 Å². The van der Waals surface area contributed by atoms with Gasteiger partial charge in [-0.15, -0.1) is 10.2 Å². The van der Waals surface area contributed by atoms with Gasteiger partial charge in [-0.25, -0.2) is 18.6 Å². The summed E-state index contributed by atoms with van der Waals surface area (Å²) in [6.45, 7) is 3.33. The molecule has 0 saturated heterocycles. The van der Waals surface area contributed by atoms with E-state index in [0.717, 1.165) is 6.54 Å². The fraction of sp³-hybridized carbons (Fsp3) is 0.343. The summed E-state index contributed by atoms with van der Waals surface area (Å²) in [6, 6.07) is 37.3. The molecule has 0 spiro atoms. The summed E-state index contributed by atoms with van der Waals surface area (Å²) in [5.41, 5.74) is 7.68. The van der Waals surface area contributed by atoms with Crippen LogP contribution in [0.1, 0.15) is 71.1 Å². The zero-order valence-electron chi connectivity index (χ0n) is 24.1. The number of aromatic nitrogens is 1. The molecule has 0 radical (unpaired) electrons. The van der Waals surface area contributed by atoms with Crippen LogP contribution in [-0.4, -0.2) is 0 Å². The quantitative estimate of drug-likeness (QED) is 0.154. The van der Waals surface area contributed by atoms with Crippen LogP contribution in [0, 0.1) is 10.2 Å². The van der Waals surface area contributed by atoms with E-state index in [1.165, 1.54) is 97.8 Å². The maximum atomic E-state index is 8.49. The molecule has 1 heterocycles. The molecule has 4 aromatic rings. The molecule has 5 nitrogen and oxygen atoms in total. The van der Waals surface area contributed by atoms with Crippen molar-refractivity contribution >= 4 is 0 Å². The molecule has 0 bridgehead atoms. The zero-order valence-corrected chi connectivity index (χ0v) is 24.8. The molecule has 0 aliphatic heterocycles. The lowest BCUT2D eigenvalue weighted by Crippen LogP contribution is -2.68. The summed E-state index contributed by atoms with van der Waals surface area (Å²) in [5, 5.41) is 0. The lowest BCUT2D eigenvalue weighted by atomic mass is 9.98. The fourth-order valence-corrected chi connectivity index (χ4v) is 5.11. The summed E-state index contributed by atoms with van der Waals surface area (Å²) >= 11 is 0. The SMILES string of the molecule is CCCCCCCCCCCC[n+]1c(-c2ccccc2)cc(-c2ccccc2)cc1-c1ccccc1.[O-][Cl+3]([O-])([O-])[O-]. The maximum Gasteiger partial charge on any atom is 0.213 e. The lowest BCUT2D eigenvalue weighted by molar-refractivity contribution is -2.00. The standard InChI is InChI=1S/C35H42N.ClHO4/c1-2-3-4-5-6-7-8-9-10-20-27-36-34(31-23-16-12-17-24-31)28-33(30-21-14-11-15-22-30)29-35(36)32-25-18-13-19-26-32;2-1(3,4)5/h11-19,21-26,28-29H,2-10,20,27H2,1H3;(H,2,3,4,5)/q+1;/p-1. The van der Waals surface area contributed by atoms with Crippen LogP contribution in [0.2, 0.25) is 0 Å². The minimum Gasteiger partial charge on any atom is -0.222 e. The molecule has 0 saturated carbocycles. The van der Waals surface area contributed by atoms with Gasteiger partial charge in [-0.2, -0.15) is 4.57 Å². The average Bonchev–Trinajstić information content (AvgIpc) is 2.98. The predicted octanol–water partition coefficient (Wildman–Crippen LogP) is 5.14. The van der Waals surface area contributed by atoms with E-state index in [1.807, 2.05) is 0 Å². The Morgan fingerprint density at radius 2 is 0.805 bits per heavy atom. The van der Waals surface area contributed by atoms with Crippen LogP contribution < -0.4 is 23.2 Å². The maximum absolute atomic E-state index is 8.49. The first kappa shape index (κ1) is 32.5. The van der Waals surface area contributed by atoms with E-state index in [1.54, 1.807) is 0 Å². The molecule has 1 aromatic heterocycles. The predicted molar refractivity (Wildman–Crippen MR) is 155 cm³/mol. The first-order valence-corrected chi connectivity index (χ1v) is 16.0. The van der Waals surface area contributed by atoms with Gasteiger partial charge in [0.1, 0.15) is 6.54 Å². The first-order chi connectivity index (χ1) is 19.9. The molecule has 0 fully saturated rings. The van der Waals surface area contributed by atoms with Crippen molar-refractivity contribution in [3.05, 3.63) is 103 Å². The second kappa shape index (κ2) is 17.7. The minimum absolute atomic E-state index is 1.04. The molecule has 0 unspecified atom stereocenters. The molecule has 0 aliphatic carbocycles. The Hall–Kier alpha value is -3.06. The summed E-state index contributed by atoms with van der Waals surface area (Å²) in [7, 11) is -4.94. The lowest BCUT2D eigenvalue weighted by Gasteiger charge is -2.17. The van der Waals surface area contributed by atoms with E-state index in [0.29, 0.717) is 0 Å². The normalized spacial score (nSPS) is 11.1. The number of rotatable bonds is 14. The monoisotopic (exact) mass is 575 g/mol. The highest BCUT2D eigenvalue weighted by Gasteiger charge is 2.22.